The maximum absolute atomic E-state index is 5.92. The van der Waals surface area contributed by atoms with Crippen LogP contribution >= 0.6 is 22.9 Å². The van der Waals surface area contributed by atoms with Crippen LogP contribution in [0.1, 0.15) is 5.56 Å². The second-order valence-corrected chi connectivity index (χ2v) is 4.71. The Kier molecular flexibility index (Phi) is 2.44. The number of nitrogen functional groups attached to an aromatic ring is 1. The van der Waals surface area contributed by atoms with Crippen molar-refractivity contribution in [3.63, 3.8) is 0 Å². The molecular weight excluding hydrogens is 216 g/mol. The lowest BCUT2D eigenvalue weighted by Gasteiger charge is -2.04. The SMILES string of the molecule is Cc1ccnc(-c2ccc(Cl)s2)c1N. The van der Waals surface area contributed by atoms with Crippen molar-refractivity contribution >= 4 is 28.6 Å². The Morgan fingerprint density at radius 2 is 2.14 bits per heavy atom. The minimum absolute atomic E-state index is 0.728. The fourth-order valence-corrected chi connectivity index (χ4v) is 2.26. The molecule has 2 nitrogen and oxygen atoms in total. The molecule has 0 aliphatic rings. The topological polar surface area (TPSA) is 38.9 Å². The largest absolute Gasteiger partial charge is 0.397 e. The number of nitrogens with zero attached hydrogens (tertiary/aromatic N) is 1. The van der Waals surface area contributed by atoms with Crippen molar-refractivity contribution in [3.8, 4) is 10.6 Å². The fourth-order valence-electron chi connectivity index (χ4n) is 1.21. The van der Waals surface area contributed by atoms with Crippen LogP contribution < -0.4 is 5.73 Å². The van der Waals surface area contributed by atoms with Crippen LogP contribution in [0.5, 0.6) is 0 Å². The third-order valence-electron chi connectivity index (χ3n) is 2.01. The van der Waals surface area contributed by atoms with Crippen LogP contribution in [0.15, 0.2) is 24.4 Å². The monoisotopic (exact) mass is 224 g/mol. The Balaban J connectivity index is 2.57. The normalized spacial score (nSPS) is 10.4. The number of pyridine rings is 1. The summed E-state index contributed by atoms with van der Waals surface area (Å²) in [5.74, 6) is 0. The first-order chi connectivity index (χ1) is 6.68. The number of hydrogen-bond donors (Lipinski definition) is 1. The van der Waals surface area contributed by atoms with Gasteiger partial charge in [0.1, 0.15) is 5.69 Å². The van der Waals surface area contributed by atoms with Crippen LogP contribution in [-0.2, 0) is 0 Å². The molecule has 0 aliphatic carbocycles. The molecule has 14 heavy (non-hydrogen) atoms. The molecule has 2 N–H and O–H groups in total. The Bertz CT molecular complexity index is 465. The van der Waals surface area contributed by atoms with E-state index in [0.717, 1.165) is 26.2 Å². The van der Waals surface area contributed by atoms with Gasteiger partial charge in [-0.1, -0.05) is 11.6 Å². The van der Waals surface area contributed by atoms with Crippen molar-refractivity contribution in [3.05, 3.63) is 34.3 Å². The Hall–Kier alpha value is -1.06. The maximum Gasteiger partial charge on any atom is 0.103 e. The lowest BCUT2D eigenvalue weighted by molar-refractivity contribution is 1.30. The summed E-state index contributed by atoms with van der Waals surface area (Å²) in [5, 5.41) is 0. The molecule has 0 saturated carbocycles. The molecule has 0 aliphatic heterocycles. The number of aryl methyl sites for hydroxylation is 1. The Morgan fingerprint density at radius 3 is 2.79 bits per heavy atom. The molecule has 2 rings (SSSR count). The first kappa shape index (κ1) is 9.49. The summed E-state index contributed by atoms with van der Waals surface area (Å²) in [5.41, 5.74) is 8.52. The summed E-state index contributed by atoms with van der Waals surface area (Å²) in [6.07, 6.45) is 1.76. The number of halogens is 1. The molecule has 0 amide bonds. The van der Waals surface area contributed by atoms with E-state index in [-0.39, 0.29) is 0 Å². The number of thiophene rings is 1. The third kappa shape index (κ3) is 1.61. The van der Waals surface area contributed by atoms with E-state index >= 15 is 0 Å². The van der Waals surface area contributed by atoms with Crippen molar-refractivity contribution in [1.29, 1.82) is 0 Å². The van der Waals surface area contributed by atoms with E-state index < -0.39 is 0 Å². The second-order valence-electron chi connectivity index (χ2n) is 2.99. The van der Waals surface area contributed by atoms with Crippen LogP contribution in [0, 0.1) is 6.92 Å². The average molecular weight is 225 g/mol. The standard InChI is InChI=1S/C10H9ClN2S/c1-6-4-5-13-10(9(6)12)7-2-3-8(11)14-7/h2-5H,12H2,1H3. The molecular formula is C10H9ClN2S. The Labute approximate surface area is 91.4 Å². The second kappa shape index (κ2) is 3.59. The molecule has 4 heteroatoms. The minimum atomic E-state index is 0.728. The van der Waals surface area contributed by atoms with Crippen molar-refractivity contribution in [2.24, 2.45) is 0 Å². The van der Waals surface area contributed by atoms with E-state index in [1.54, 1.807) is 6.20 Å². The summed E-state index contributed by atoms with van der Waals surface area (Å²) in [7, 11) is 0. The summed E-state index contributed by atoms with van der Waals surface area (Å²) < 4.78 is 0.753. The van der Waals surface area contributed by atoms with Gasteiger partial charge in [-0.05, 0) is 30.7 Å². The molecule has 0 bridgehead atoms. The lowest BCUT2D eigenvalue weighted by atomic mass is 10.2. The first-order valence-corrected chi connectivity index (χ1v) is 5.34. The zero-order valence-electron chi connectivity index (χ0n) is 7.62. The number of nitrogens with two attached hydrogens (primary N) is 1. The predicted octanol–water partition coefficient (Wildman–Crippen LogP) is 3.35. The molecule has 2 aromatic rings. The zero-order valence-corrected chi connectivity index (χ0v) is 9.19. The quantitative estimate of drug-likeness (QED) is 0.807. The van der Waals surface area contributed by atoms with Gasteiger partial charge in [-0.2, -0.15) is 0 Å². The van der Waals surface area contributed by atoms with Crippen LogP contribution in [0.4, 0.5) is 5.69 Å². The molecule has 0 aromatic carbocycles. The highest BCUT2D eigenvalue weighted by Crippen LogP contribution is 2.33. The molecule has 0 radical (unpaired) electrons. The van der Waals surface area contributed by atoms with Gasteiger partial charge in [-0.3, -0.25) is 4.98 Å². The number of rotatable bonds is 1. The highest BCUT2D eigenvalue weighted by Gasteiger charge is 2.08. The molecule has 0 unspecified atom stereocenters. The highest BCUT2D eigenvalue weighted by molar-refractivity contribution is 7.19. The Morgan fingerprint density at radius 1 is 1.36 bits per heavy atom. The van der Waals surface area contributed by atoms with E-state index in [2.05, 4.69) is 4.98 Å². The van der Waals surface area contributed by atoms with Gasteiger partial charge in [0.05, 0.1) is 14.9 Å². The molecule has 0 atom stereocenters. The van der Waals surface area contributed by atoms with Crippen molar-refractivity contribution in [1.82, 2.24) is 4.98 Å². The van der Waals surface area contributed by atoms with Crippen molar-refractivity contribution in [2.45, 2.75) is 6.92 Å². The fraction of sp³-hybridized carbons (Fsp3) is 0.100. The van der Waals surface area contributed by atoms with E-state index in [4.69, 9.17) is 17.3 Å². The van der Waals surface area contributed by atoms with E-state index in [1.165, 1.54) is 11.3 Å². The van der Waals surface area contributed by atoms with Gasteiger partial charge in [0.15, 0.2) is 0 Å². The minimum Gasteiger partial charge on any atom is -0.397 e. The molecule has 72 valence electrons. The van der Waals surface area contributed by atoms with E-state index in [1.807, 2.05) is 25.1 Å². The van der Waals surface area contributed by atoms with Crippen molar-refractivity contribution < 1.29 is 0 Å². The van der Waals surface area contributed by atoms with Gasteiger partial charge in [0.25, 0.3) is 0 Å². The van der Waals surface area contributed by atoms with Gasteiger partial charge in [-0.25, -0.2) is 0 Å². The smallest absolute Gasteiger partial charge is 0.103 e. The van der Waals surface area contributed by atoms with E-state index in [9.17, 15) is 0 Å². The zero-order chi connectivity index (χ0) is 10.1. The first-order valence-electron chi connectivity index (χ1n) is 4.15. The van der Waals surface area contributed by atoms with Gasteiger partial charge in [0.2, 0.25) is 0 Å². The van der Waals surface area contributed by atoms with E-state index in [0.29, 0.717) is 0 Å². The summed E-state index contributed by atoms with van der Waals surface area (Å²) >= 11 is 7.34. The molecule has 2 heterocycles. The third-order valence-corrected chi connectivity index (χ3v) is 3.25. The summed E-state index contributed by atoms with van der Waals surface area (Å²) in [6.45, 7) is 1.97. The van der Waals surface area contributed by atoms with Crippen LogP contribution in [0.2, 0.25) is 4.34 Å². The highest BCUT2D eigenvalue weighted by atomic mass is 35.5. The predicted molar refractivity (Wildman–Crippen MR) is 61.7 cm³/mol. The maximum atomic E-state index is 5.92. The van der Waals surface area contributed by atoms with Crippen LogP contribution in [-0.4, -0.2) is 4.98 Å². The van der Waals surface area contributed by atoms with Gasteiger partial charge in [-0.15, -0.1) is 11.3 Å². The number of anilines is 1. The molecule has 0 spiro atoms. The van der Waals surface area contributed by atoms with Crippen LogP contribution in [0.25, 0.3) is 10.6 Å². The number of hydrogen-bond acceptors (Lipinski definition) is 3. The van der Waals surface area contributed by atoms with Gasteiger partial charge >= 0.3 is 0 Å². The van der Waals surface area contributed by atoms with Crippen molar-refractivity contribution in [2.75, 3.05) is 5.73 Å². The molecule has 0 fully saturated rings. The van der Waals surface area contributed by atoms with Gasteiger partial charge < -0.3 is 5.73 Å². The summed E-state index contributed by atoms with van der Waals surface area (Å²) in [4.78, 5) is 5.26. The molecule has 0 saturated heterocycles. The number of aromatic nitrogens is 1. The summed E-state index contributed by atoms with van der Waals surface area (Å²) in [6, 6.07) is 5.68. The van der Waals surface area contributed by atoms with Gasteiger partial charge in [0, 0.05) is 6.20 Å². The lowest BCUT2D eigenvalue weighted by Crippen LogP contribution is -1.94. The van der Waals surface area contributed by atoms with Crippen LogP contribution in [0.3, 0.4) is 0 Å². The molecule has 2 aromatic heterocycles. The average Bonchev–Trinajstić information content (AvgIpc) is 2.57.